The zero-order chi connectivity index (χ0) is 17.5. The molecule has 0 saturated carbocycles. The molecule has 1 N–H and O–H groups in total. The zero-order valence-corrected chi connectivity index (χ0v) is 14.5. The molecule has 2 unspecified atom stereocenters. The van der Waals surface area contributed by atoms with Crippen molar-refractivity contribution >= 4 is 11.9 Å². The van der Waals surface area contributed by atoms with E-state index < -0.39 is 24.3 Å². The number of unbranched alkanes of at least 4 members (excludes halogenated alkanes) is 6. The summed E-state index contributed by atoms with van der Waals surface area (Å²) in [6, 6.07) is 0. The number of aliphatic hydroxyl groups is 1. The highest BCUT2D eigenvalue weighted by atomic mass is 16.7. The summed E-state index contributed by atoms with van der Waals surface area (Å²) in [5.74, 6) is -1.59. The highest BCUT2D eigenvalue weighted by Crippen LogP contribution is 2.09. The molecule has 0 aliphatic heterocycles. The van der Waals surface area contributed by atoms with E-state index in [1.807, 2.05) is 6.08 Å². The van der Waals surface area contributed by atoms with Gasteiger partial charge in [-0.15, -0.1) is 0 Å². The van der Waals surface area contributed by atoms with Crippen LogP contribution in [0.1, 0.15) is 58.3 Å². The van der Waals surface area contributed by atoms with E-state index in [1.165, 1.54) is 39.2 Å². The molecule has 6 nitrogen and oxygen atoms in total. The second-order valence-corrected chi connectivity index (χ2v) is 5.29. The van der Waals surface area contributed by atoms with E-state index in [0.717, 1.165) is 20.0 Å². The van der Waals surface area contributed by atoms with Crippen molar-refractivity contribution in [2.24, 2.45) is 0 Å². The summed E-state index contributed by atoms with van der Waals surface area (Å²) in [5.41, 5.74) is 0. The van der Waals surface area contributed by atoms with E-state index in [2.05, 4.69) is 16.4 Å². The third-order valence-electron chi connectivity index (χ3n) is 3.40. The molecule has 0 aromatic heterocycles. The van der Waals surface area contributed by atoms with Crippen LogP contribution in [0.2, 0.25) is 0 Å². The average molecular weight is 330 g/mol. The number of rotatable bonds is 13. The van der Waals surface area contributed by atoms with Gasteiger partial charge in [0, 0.05) is 6.42 Å². The topological polar surface area (TPSA) is 82.1 Å². The van der Waals surface area contributed by atoms with Crippen LogP contribution in [-0.2, 0) is 23.8 Å². The Hall–Kier alpha value is -1.40. The summed E-state index contributed by atoms with van der Waals surface area (Å²) in [5, 5.41) is 9.45. The number of allylic oxidation sites excluding steroid dienone is 1. The van der Waals surface area contributed by atoms with Crippen molar-refractivity contribution in [1.29, 1.82) is 0 Å². The lowest BCUT2D eigenvalue weighted by atomic mass is 10.1. The molecular formula is C17H30O6. The summed E-state index contributed by atoms with van der Waals surface area (Å²) >= 11 is 0. The molecule has 134 valence electrons. The smallest absolute Gasteiger partial charge is 0.363 e. The lowest BCUT2D eigenvalue weighted by molar-refractivity contribution is -0.196. The first-order valence-corrected chi connectivity index (χ1v) is 8.21. The Kier molecular flexibility index (Phi) is 13.3. The van der Waals surface area contributed by atoms with Gasteiger partial charge >= 0.3 is 11.9 Å². The number of esters is 2. The van der Waals surface area contributed by atoms with Crippen molar-refractivity contribution in [3.05, 3.63) is 12.2 Å². The fourth-order valence-corrected chi connectivity index (χ4v) is 2.03. The maximum absolute atomic E-state index is 11.6. The normalized spacial score (nSPS) is 13.7. The standard InChI is InChI=1S/C17H30O6/c1-4-5-6-7-8-9-10-11-12-13-14(15(18)21-2)23-17(20)16(19)22-3/h11-12,14,17,20H,4-10,13H2,1-3H3/b12-11+. The van der Waals surface area contributed by atoms with Gasteiger partial charge in [-0.05, 0) is 12.8 Å². The molecule has 0 radical (unpaired) electrons. The van der Waals surface area contributed by atoms with E-state index >= 15 is 0 Å². The van der Waals surface area contributed by atoms with Gasteiger partial charge in [-0.1, -0.05) is 51.2 Å². The van der Waals surface area contributed by atoms with Crippen LogP contribution in [0.15, 0.2) is 12.2 Å². The van der Waals surface area contributed by atoms with Crippen LogP contribution in [0.3, 0.4) is 0 Å². The molecule has 0 spiro atoms. The summed E-state index contributed by atoms with van der Waals surface area (Å²) in [4.78, 5) is 22.7. The third kappa shape index (κ3) is 10.9. The second kappa shape index (κ2) is 14.2. The SMILES string of the molecule is CCCCCCCC/C=C/CC(OC(O)C(=O)OC)C(=O)OC. The van der Waals surface area contributed by atoms with Crippen molar-refractivity contribution in [2.45, 2.75) is 70.7 Å². The van der Waals surface area contributed by atoms with Gasteiger partial charge < -0.3 is 19.3 Å². The number of ether oxygens (including phenoxy) is 3. The first-order valence-electron chi connectivity index (χ1n) is 8.21. The molecule has 0 aromatic carbocycles. The molecule has 0 heterocycles. The largest absolute Gasteiger partial charge is 0.467 e. The summed E-state index contributed by atoms with van der Waals surface area (Å²) < 4.78 is 13.9. The molecule has 0 amide bonds. The van der Waals surface area contributed by atoms with Crippen molar-refractivity contribution in [2.75, 3.05) is 14.2 Å². The Morgan fingerprint density at radius 2 is 1.57 bits per heavy atom. The maximum atomic E-state index is 11.6. The summed E-state index contributed by atoms with van der Waals surface area (Å²) in [7, 11) is 2.35. The molecular weight excluding hydrogens is 300 g/mol. The molecule has 23 heavy (non-hydrogen) atoms. The van der Waals surface area contributed by atoms with Crippen LogP contribution in [0.25, 0.3) is 0 Å². The molecule has 0 aromatic rings. The van der Waals surface area contributed by atoms with E-state index in [4.69, 9.17) is 4.74 Å². The van der Waals surface area contributed by atoms with Crippen LogP contribution >= 0.6 is 0 Å². The molecule has 0 aliphatic rings. The van der Waals surface area contributed by atoms with Crippen molar-refractivity contribution < 1.29 is 28.9 Å². The first-order chi connectivity index (χ1) is 11.1. The van der Waals surface area contributed by atoms with Crippen molar-refractivity contribution in [1.82, 2.24) is 0 Å². The van der Waals surface area contributed by atoms with Crippen LogP contribution in [0.4, 0.5) is 0 Å². The number of methoxy groups -OCH3 is 2. The van der Waals surface area contributed by atoms with E-state index in [1.54, 1.807) is 6.08 Å². The predicted molar refractivity (Wildman–Crippen MR) is 86.7 cm³/mol. The van der Waals surface area contributed by atoms with Crippen LogP contribution in [0, 0.1) is 0 Å². The van der Waals surface area contributed by atoms with Gasteiger partial charge in [0.05, 0.1) is 14.2 Å². The van der Waals surface area contributed by atoms with E-state index in [0.29, 0.717) is 0 Å². The van der Waals surface area contributed by atoms with Gasteiger partial charge in [0.2, 0.25) is 0 Å². The lowest BCUT2D eigenvalue weighted by Crippen LogP contribution is -2.35. The quantitative estimate of drug-likeness (QED) is 0.242. The minimum atomic E-state index is -1.80. The van der Waals surface area contributed by atoms with Gasteiger partial charge in [-0.25, -0.2) is 9.59 Å². The Balaban J connectivity index is 4.07. The van der Waals surface area contributed by atoms with Gasteiger partial charge in [0.15, 0.2) is 6.10 Å². The molecule has 0 bridgehead atoms. The fraction of sp³-hybridized carbons (Fsp3) is 0.765. The molecule has 0 aliphatic carbocycles. The summed E-state index contributed by atoms with van der Waals surface area (Å²) in [6.07, 6.45) is 9.48. The molecule has 6 heteroatoms. The monoisotopic (exact) mass is 330 g/mol. The minimum Gasteiger partial charge on any atom is -0.467 e. The van der Waals surface area contributed by atoms with E-state index in [-0.39, 0.29) is 6.42 Å². The molecule has 0 saturated heterocycles. The highest BCUT2D eigenvalue weighted by molar-refractivity contribution is 5.76. The van der Waals surface area contributed by atoms with Crippen molar-refractivity contribution in [3.8, 4) is 0 Å². The van der Waals surface area contributed by atoms with Crippen molar-refractivity contribution in [3.63, 3.8) is 0 Å². The Morgan fingerprint density at radius 3 is 2.17 bits per heavy atom. The molecule has 0 fully saturated rings. The zero-order valence-electron chi connectivity index (χ0n) is 14.5. The molecule has 0 rings (SSSR count). The maximum Gasteiger partial charge on any atom is 0.363 e. The third-order valence-corrected chi connectivity index (χ3v) is 3.40. The van der Waals surface area contributed by atoms with Crippen LogP contribution in [-0.4, -0.2) is 43.7 Å². The minimum absolute atomic E-state index is 0.233. The Morgan fingerprint density at radius 1 is 0.957 bits per heavy atom. The molecule has 2 atom stereocenters. The van der Waals surface area contributed by atoms with Gasteiger partial charge in [0.25, 0.3) is 6.29 Å². The highest BCUT2D eigenvalue weighted by Gasteiger charge is 2.26. The average Bonchev–Trinajstić information content (AvgIpc) is 2.57. The van der Waals surface area contributed by atoms with E-state index in [9.17, 15) is 14.7 Å². The van der Waals surface area contributed by atoms with Gasteiger partial charge in [-0.2, -0.15) is 0 Å². The van der Waals surface area contributed by atoms with Crippen LogP contribution in [0.5, 0.6) is 0 Å². The van der Waals surface area contributed by atoms with Gasteiger partial charge in [0.1, 0.15) is 0 Å². The Bertz CT molecular complexity index is 353. The predicted octanol–water partition coefficient (Wildman–Crippen LogP) is 2.73. The number of hydrogen-bond acceptors (Lipinski definition) is 6. The van der Waals surface area contributed by atoms with Gasteiger partial charge in [-0.3, -0.25) is 0 Å². The number of aliphatic hydroxyl groups excluding tert-OH is 1. The number of carbonyl (C=O) groups is 2. The Labute approximate surface area is 138 Å². The number of carbonyl (C=O) groups excluding carboxylic acids is 2. The first kappa shape index (κ1) is 21.6. The van der Waals surface area contributed by atoms with Crippen LogP contribution < -0.4 is 0 Å². The lowest BCUT2D eigenvalue weighted by Gasteiger charge is -2.16. The summed E-state index contributed by atoms with van der Waals surface area (Å²) in [6.45, 7) is 2.19. The fourth-order valence-electron chi connectivity index (χ4n) is 2.03. The number of hydrogen-bond donors (Lipinski definition) is 1. The second-order valence-electron chi connectivity index (χ2n) is 5.29.